The number of esters is 1. The molecule has 0 N–H and O–H groups in total. The van der Waals surface area contributed by atoms with Gasteiger partial charge in [-0.1, -0.05) is 53.4 Å². The van der Waals surface area contributed by atoms with E-state index in [0.717, 1.165) is 0 Å². The Morgan fingerprint density at radius 3 is 1.12 bits per heavy atom. The lowest BCUT2D eigenvalue weighted by Gasteiger charge is -2.39. The largest absolute Gasteiger partial charge is 0.460 e. The summed E-state index contributed by atoms with van der Waals surface area (Å²) in [5, 5.41) is 0. The zero-order chi connectivity index (χ0) is 19.8. The van der Waals surface area contributed by atoms with Crippen molar-refractivity contribution in [1.29, 1.82) is 0 Å². The number of hydrogen-bond acceptors (Lipinski definition) is 2. The van der Waals surface area contributed by atoms with E-state index >= 15 is 0 Å². The molecule has 0 rings (SSSR count). The molecular formula is C22H48NO2+. The summed E-state index contributed by atoms with van der Waals surface area (Å²) in [5.74, 6) is -0.225. The third kappa shape index (κ3) is 18.0. The predicted molar refractivity (Wildman–Crippen MR) is 111 cm³/mol. The van der Waals surface area contributed by atoms with Crippen LogP contribution in [0.5, 0.6) is 0 Å². The molecule has 0 aromatic heterocycles. The van der Waals surface area contributed by atoms with Gasteiger partial charge in [0.15, 0.2) is 0 Å². The van der Waals surface area contributed by atoms with E-state index < -0.39 is 0 Å². The van der Waals surface area contributed by atoms with Gasteiger partial charge in [-0.05, 0) is 46.5 Å². The average molecular weight is 359 g/mol. The highest BCUT2D eigenvalue weighted by Crippen LogP contribution is 2.16. The van der Waals surface area contributed by atoms with Crippen molar-refractivity contribution in [3.63, 3.8) is 0 Å². The first-order valence-electron chi connectivity index (χ1n) is 10.7. The van der Waals surface area contributed by atoms with Gasteiger partial charge >= 0.3 is 5.97 Å². The number of carbonyl (C=O) groups excluding carboxylic acids is 1. The maximum Gasteiger partial charge on any atom is 0.303 e. The average Bonchev–Trinajstić information content (AvgIpc) is 2.52. The van der Waals surface area contributed by atoms with Crippen LogP contribution in [0.15, 0.2) is 0 Å². The molecule has 0 aromatic rings. The van der Waals surface area contributed by atoms with Gasteiger partial charge in [0, 0.05) is 6.92 Å². The Kier molecular flexibility index (Phi) is 16.7. The van der Waals surface area contributed by atoms with Crippen LogP contribution in [0.4, 0.5) is 0 Å². The lowest BCUT2D eigenvalue weighted by atomic mass is 10.1. The van der Waals surface area contributed by atoms with Crippen molar-refractivity contribution in [3.05, 3.63) is 0 Å². The van der Waals surface area contributed by atoms with Crippen LogP contribution in [0.1, 0.15) is 107 Å². The van der Waals surface area contributed by atoms with E-state index in [9.17, 15) is 4.79 Å². The van der Waals surface area contributed by atoms with Gasteiger partial charge in [-0.15, -0.1) is 0 Å². The quantitative estimate of drug-likeness (QED) is 0.300. The number of quaternary nitrogens is 1. The van der Waals surface area contributed by atoms with Crippen LogP contribution in [0.2, 0.25) is 0 Å². The van der Waals surface area contributed by atoms with Crippen LogP contribution in [0.25, 0.3) is 0 Å². The van der Waals surface area contributed by atoms with Gasteiger partial charge in [0.25, 0.3) is 0 Å². The first-order valence-corrected chi connectivity index (χ1v) is 10.7. The molecule has 0 bridgehead atoms. The van der Waals surface area contributed by atoms with Gasteiger partial charge in [-0.3, -0.25) is 4.79 Å². The number of ether oxygens (including phenoxy) is 1. The van der Waals surface area contributed by atoms with Crippen LogP contribution < -0.4 is 0 Å². The molecule has 0 unspecified atom stereocenters. The number of hydrogen-bond donors (Lipinski definition) is 0. The van der Waals surface area contributed by atoms with E-state index in [2.05, 4.69) is 27.7 Å². The molecule has 0 radical (unpaired) electrons. The van der Waals surface area contributed by atoms with Crippen molar-refractivity contribution >= 4 is 5.97 Å². The lowest BCUT2D eigenvalue weighted by Crippen LogP contribution is -2.50. The summed E-state index contributed by atoms with van der Waals surface area (Å²) in [6.07, 6.45) is 11.1. The third-order valence-corrected chi connectivity index (χ3v) is 4.39. The topological polar surface area (TPSA) is 26.3 Å². The molecule has 152 valence electrons. The molecule has 0 aliphatic rings. The number of nitrogens with zero attached hydrogens (tertiary/aromatic N) is 1. The Morgan fingerprint density at radius 1 is 0.720 bits per heavy atom. The van der Waals surface area contributed by atoms with Gasteiger partial charge in [0.05, 0.1) is 26.2 Å². The molecular weight excluding hydrogens is 310 g/mol. The Labute approximate surface area is 159 Å². The highest BCUT2D eigenvalue weighted by atomic mass is 16.6. The summed E-state index contributed by atoms with van der Waals surface area (Å²) < 4.78 is 6.22. The molecule has 0 amide bonds. The molecule has 0 aliphatic heterocycles. The van der Waals surface area contributed by atoms with E-state index in [1.54, 1.807) is 0 Å². The summed E-state index contributed by atoms with van der Waals surface area (Å²) >= 11 is 0. The Hall–Kier alpha value is -0.570. The monoisotopic (exact) mass is 358 g/mol. The van der Waals surface area contributed by atoms with Crippen molar-refractivity contribution in [2.45, 2.75) is 112 Å². The number of unbranched alkanes of at least 4 members (excludes halogenated alkanes) is 4. The molecule has 0 saturated carbocycles. The van der Waals surface area contributed by atoms with Crippen molar-refractivity contribution in [2.75, 3.05) is 26.2 Å². The second-order valence-corrected chi connectivity index (χ2v) is 8.36. The van der Waals surface area contributed by atoms with E-state index in [1.165, 1.54) is 89.0 Å². The van der Waals surface area contributed by atoms with Crippen molar-refractivity contribution < 1.29 is 14.0 Å². The fraction of sp³-hybridized carbons (Fsp3) is 0.955. The maximum absolute atomic E-state index is 10.2. The minimum absolute atomic E-state index is 0.225. The summed E-state index contributed by atoms with van der Waals surface area (Å²) in [7, 11) is 0. The smallest absolute Gasteiger partial charge is 0.303 e. The zero-order valence-corrected chi connectivity index (χ0v) is 18.7. The Bertz CT molecular complexity index is 270. The molecule has 0 atom stereocenters. The first-order chi connectivity index (χ1) is 11.7. The molecule has 0 heterocycles. The minimum atomic E-state index is -0.328. The molecule has 3 nitrogen and oxygen atoms in total. The second-order valence-electron chi connectivity index (χ2n) is 8.36. The fourth-order valence-electron chi connectivity index (χ4n) is 3.08. The predicted octanol–water partition coefficient (Wildman–Crippen LogP) is 6.35. The van der Waals surface area contributed by atoms with Gasteiger partial charge in [-0.25, -0.2) is 0 Å². The van der Waals surface area contributed by atoms with E-state index in [4.69, 9.17) is 4.74 Å². The Balaban J connectivity index is 0. The lowest BCUT2D eigenvalue weighted by molar-refractivity contribution is -0.929. The van der Waals surface area contributed by atoms with E-state index in [-0.39, 0.29) is 11.6 Å². The van der Waals surface area contributed by atoms with Crippen LogP contribution in [0, 0.1) is 0 Å². The maximum atomic E-state index is 10.2. The van der Waals surface area contributed by atoms with Crippen LogP contribution in [-0.4, -0.2) is 42.2 Å². The zero-order valence-electron chi connectivity index (χ0n) is 18.7. The number of carbonyl (C=O) groups is 1. The normalized spacial score (nSPS) is 11.7. The minimum Gasteiger partial charge on any atom is -0.460 e. The molecule has 0 fully saturated rings. The third-order valence-electron chi connectivity index (χ3n) is 4.39. The van der Waals surface area contributed by atoms with Crippen LogP contribution >= 0.6 is 0 Å². The molecule has 25 heavy (non-hydrogen) atoms. The van der Waals surface area contributed by atoms with Crippen LogP contribution in [-0.2, 0) is 9.53 Å². The second kappa shape index (κ2) is 15.7. The van der Waals surface area contributed by atoms with Crippen LogP contribution in [0.3, 0.4) is 0 Å². The first kappa shape index (κ1) is 26.7. The summed E-state index contributed by atoms with van der Waals surface area (Å²) in [6.45, 7) is 22.0. The standard InChI is InChI=1S/C16H36N.C6H12O2/c1-5-9-13-17(14-10-6-2,15-11-7-3)16-12-8-4;1-5(7)8-6(2,3)4/h5-16H2,1-4H3;1-4H3/q+1;. The van der Waals surface area contributed by atoms with E-state index in [1.807, 2.05) is 20.8 Å². The summed E-state index contributed by atoms with van der Waals surface area (Å²) in [6, 6.07) is 0. The molecule has 0 spiro atoms. The van der Waals surface area contributed by atoms with Crippen molar-refractivity contribution in [3.8, 4) is 0 Å². The van der Waals surface area contributed by atoms with E-state index in [0.29, 0.717) is 0 Å². The molecule has 0 aromatic carbocycles. The summed E-state index contributed by atoms with van der Waals surface area (Å²) in [4.78, 5) is 10.2. The van der Waals surface area contributed by atoms with Gasteiger partial charge in [0.2, 0.25) is 0 Å². The number of rotatable bonds is 12. The van der Waals surface area contributed by atoms with Crippen molar-refractivity contribution in [2.24, 2.45) is 0 Å². The fourth-order valence-corrected chi connectivity index (χ4v) is 3.08. The van der Waals surface area contributed by atoms with Gasteiger partial charge in [-0.2, -0.15) is 0 Å². The van der Waals surface area contributed by atoms with Crippen molar-refractivity contribution in [1.82, 2.24) is 0 Å². The highest BCUT2D eigenvalue weighted by molar-refractivity contribution is 5.66. The van der Waals surface area contributed by atoms with Gasteiger partial charge < -0.3 is 9.22 Å². The molecule has 3 heteroatoms. The van der Waals surface area contributed by atoms with Gasteiger partial charge in [0.1, 0.15) is 5.60 Å². The summed E-state index contributed by atoms with van der Waals surface area (Å²) in [5.41, 5.74) is -0.328. The molecule has 0 aliphatic carbocycles. The molecule has 0 saturated heterocycles. The highest BCUT2D eigenvalue weighted by Gasteiger charge is 2.24. The Morgan fingerprint density at radius 2 is 1.00 bits per heavy atom. The SMILES string of the molecule is CC(=O)OC(C)(C)C.CCCC[N+](CCCC)(CCCC)CCCC.